The van der Waals surface area contributed by atoms with Gasteiger partial charge in [0.15, 0.2) is 0 Å². The van der Waals surface area contributed by atoms with Crippen LogP contribution < -0.4 is 35.2 Å². The zero-order chi connectivity index (χ0) is 15.0. The van der Waals surface area contributed by atoms with Crippen molar-refractivity contribution in [2.45, 2.75) is 12.7 Å². The quantitative estimate of drug-likeness (QED) is 0.404. The highest BCUT2D eigenvalue weighted by atomic mass is 127. The van der Waals surface area contributed by atoms with Crippen LogP contribution in [0.25, 0.3) is 0 Å². The fraction of sp³-hybridized carbons (Fsp3) is 0.636. The summed E-state index contributed by atoms with van der Waals surface area (Å²) in [7, 11) is 6.59. The van der Waals surface area contributed by atoms with E-state index in [1.54, 1.807) is 0 Å². The number of nitrogens with zero attached hydrogens (tertiary/aromatic N) is 3. The van der Waals surface area contributed by atoms with Gasteiger partial charge in [-0.15, -0.1) is 0 Å². The second-order valence-corrected chi connectivity index (χ2v) is 5.37. The molecular weight excluding hydrogens is 390 g/mol. The minimum Gasteiger partial charge on any atom is -1.00 e. The molecule has 0 saturated carbocycles. The highest BCUT2D eigenvalue weighted by Crippen LogP contribution is 2.26. The fourth-order valence-corrected chi connectivity index (χ4v) is 1.55. The molecule has 1 aromatic rings. The second-order valence-electron chi connectivity index (χ2n) is 5.37. The van der Waals surface area contributed by atoms with E-state index in [9.17, 15) is 22.8 Å². The van der Waals surface area contributed by atoms with Gasteiger partial charge < -0.3 is 28.5 Å². The standard InChI is InChI=1S/C11H17F3N3O2.HI/c1-15-8(11(12,13)14)7-9(18)16(10(15)19)5-6-17(2,3)4;/h7H,5-6H2,1-4H3;1H/q+1;/p-1. The lowest BCUT2D eigenvalue weighted by atomic mass is 10.3. The molecule has 0 N–H and O–H groups in total. The molecule has 5 nitrogen and oxygen atoms in total. The van der Waals surface area contributed by atoms with Gasteiger partial charge in [-0.2, -0.15) is 13.2 Å². The van der Waals surface area contributed by atoms with E-state index in [0.717, 1.165) is 11.6 Å². The molecule has 0 aliphatic carbocycles. The van der Waals surface area contributed by atoms with Gasteiger partial charge in [0.25, 0.3) is 5.56 Å². The van der Waals surface area contributed by atoms with Crippen molar-refractivity contribution in [3.05, 3.63) is 32.6 Å². The van der Waals surface area contributed by atoms with Crippen LogP contribution in [0.15, 0.2) is 15.7 Å². The molecule has 0 spiro atoms. The van der Waals surface area contributed by atoms with Gasteiger partial charge in [0.1, 0.15) is 5.69 Å². The van der Waals surface area contributed by atoms with Crippen molar-refractivity contribution >= 4 is 0 Å². The van der Waals surface area contributed by atoms with Crippen molar-refractivity contribution in [3.63, 3.8) is 0 Å². The maximum Gasteiger partial charge on any atom is 0.431 e. The smallest absolute Gasteiger partial charge is 0.431 e. The van der Waals surface area contributed by atoms with Crippen LogP contribution in [0.5, 0.6) is 0 Å². The summed E-state index contributed by atoms with van der Waals surface area (Å²) in [5.41, 5.74) is -3.11. The Bertz CT molecular complexity index is 585. The van der Waals surface area contributed by atoms with E-state index in [2.05, 4.69) is 0 Å². The maximum absolute atomic E-state index is 12.6. The summed E-state index contributed by atoms with van der Waals surface area (Å²) in [5.74, 6) is 0. The lowest BCUT2D eigenvalue weighted by Gasteiger charge is -2.24. The molecule has 116 valence electrons. The van der Waals surface area contributed by atoms with Crippen LogP contribution in [0.2, 0.25) is 0 Å². The van der Waals surface area contributed by atoms with Gasteiger partial charge in [-0.25, -0.2) is 4.79 Å². The topological polar surface area (TPSA) is 44.0 Å². The molecule has 1 rings (SSSR count). The van der Waals surface area contributed by atoms with Crippen molar-refractivity contribution in [3.8, 4) is 0 Å². The van der Waals surface area contributed by atoms with Crippen molar-refractivity contribution in [1.29, 1.82) is 0 Å². The third-order valence-corrected chi connectivity index (χ3v) is 2.69. The summed E-state index contributed by atoms with van der Waals surface area (Å²) in [6.45, 7) is 0.535. The van der Waals surface area contributed by atoms with E-state index in [-0.39, 0.29) is 30.5 Å². The van der Waals surface area contributed by atoms with Crippen LogP contribution in [0.4, 0.5) is 13.2 Å². The van der Waals surface area contributed by atoms with Crippen LogP contribution in [-0.4, -0.2) is 41.3 Å². The number of hydrogen-bond acceptors (Lipinski definition) is 2. The van der Waals surface area contributed by atoms with Crippen LogP contribution in [0, 0.1) is 0 Å². The number of aromatic nitrogens is 2. The van der Waals surface area contributed by atoms with Gasteiger partial charge >= 0.3 is 11.9 Å². The van der Waals surface area contributed by atoms with E-state index < -0.39 is 23.1 Å². The molecule has 0 fully saturated rings. The molecule has 0 aromatic carbocycles. The number of halogens is 4. The van der Waals surface area contributed by atoms with Gasteiger partial charge in [0.05, 0.1) is 34.2 Å². The molecule has 1 heterocycles. The minimum absolute atomic E-state index is 0. The lowest BCUT2D eigenvalue weighted by Crippen LogP contribution is -3.00. The largest absolute Gasteiger partial charge is 1.00 e. The van der Waals surface area contributed by atoms with Gasteiger partial charge in [-0.1, -0.05) is 0 Å². The summed E-state index contributed by atoms with van der Waals surface area (Å²) in [5, 5.41) is 0. The monoisotopic (exact) mass is 407 g/mol. The summed E-state index contributed by atoms with van der Waals surface area (Å²) < 4.78 is 39.6. The number of likely N-dealkylation sites (N-methyl/N-ethyl adjacent to an activating group) is 1. The molecule has 9 heteroatoms. The average molecular weight is 407 g/mol. The molecule has 0 saturated heterocycles. The molecule has 0 unspecified atom stereocenters. The predicted octanol–water partition coefficient (Wildman–Crippen LogP) is -2.72. The summed E-state index contributed by atoms with van der Waals surface area (Å²) >= 11 is 0. The Morgan fingerprint density at radius 3 is 2.10 bits per heavy atom. The Hall–Kier alpha value is -0.840. The Labute approximate surface area is 131 Å². The molecule has 0 radical (unpaired) electrons. The van der Waals surface area contributed by atoms with Crippen LogP contribution in [0.3, 0.4) is 0 Å². The molecule has 0 aliphatic rings. The molecule has 0 bridgehead atoms. The zero-order valence-electron chi connectivity index (χ0n) is 11.7. The summed E-state index contributed by atoms with van der Waals surface area (Å²) in [6, 6.07) is 0.455. The minimum atomic E-state index is -4.72. The van der Waals surface area contributed by atoms with E-state index >= 15 is 0 Å². The van der Waals surface area contributed by atoms with Gasteiger partial charge in [0.2, 0.25) is 0 Å². The number of quaternary nitrogens is 1. The Morgan fingerprint density at radius 2 is 1.70 bits per heavy atom. The van der Waals surface area contributed by atoms with Crippen LogP contribution in [0.1, 0.15) is 5.69 Å². The Morgan fingerprint density at radius 1 is 1.20 bits per heavy atom. The molecular formula is C11H17F3IN3O2. The second kappa shape index (κ2) is 6.29. The van der Waals surface area contributed by atoms with E-state index in [0.29, 0.717) is 21.7 Å². The molecule has 20 heavy (non-hydrogen) atoms. The number of rotatable bonds is 3. The normalized spacial score (nSPS) is 12.2. The number of hydrogen-bond donors (Lipinski definition) is 0. The molecule has 0 atom stereocenters. The molecule has 0 aliphatic heterocycles. The number of alkyl halides is 3. The lowest BCUT2D eigenvalue weighted by molar-refractivity contribution is -0.871. The van der Waals surface area contributed by atoms with Gasteiger partial charge in [-0.05, 0) is 0 Å². The van der Waals surface area contributed by atoms with Gasteiger partial charge in [0, 0.05) is 13.1 Å². The SMILES string of the molecule is Cn1c(C(F)(F)F)cc(=O)n(CC[N+](C)(C)C)c1=O.[I-]. The van der Waals surface area contributed by atoms with E-state index in [1.165, 1.54) is 0 Å². The fourth-order valence-electron chi connectivity index (χ4n) is 1.55. The van der Waals surface area contributed by atoms with Crippen molar-refractivity contribution in [2.75, 3.05) is 27.7 Å². The third-order valence-electron chi connectivity index (χ3n) is 2.69. The van der Waals surface area contributed by atoms with Crippen LogP contribution >= 0.6 is 0 Å². The van der Waals surface area contributed by atoms with Crippen molar-refractivity contribution in [2.24, 2.45) is 7.05 Å². The third kappa shape index (κ3) is 4.62. The van der Waals surface area contributed by atoms with Gasteiger partial charge in [-0.3, -0.25) is 13.9 Å². The average Bonchev–Trinajstić information content (AvgIpc) is 2.20. The Kier molecular flexibility index (Phi) is 6.02. The first-order chi connectivity index (χ1) is 8.43. The highest BCUT2D eigenvalue weighted by molar-refractivity contribution is 5.06. The van der Waals surface area contributed by atoms with E-state index in [4.69, 9.17) is 0 Å². The molecule has 1 aromatic heterocycles. The zero-order valence-corrected chi connectivity index (χ0v) is 13.8. The van der Waals surface area contributed by atoms with E-state index in [1.807, 2.05) is 21.1 Å². The van der Waals surface area contributed by atoms with Crippen LogP contribution in [-0.2, 0) is 19.8 Å². The molecule has 0 amide bonds. The summed E-state index contributed by atoms with van der Waals surface area (Å²) in [6.07, 6.45) is -4.72. The maximum atomic E-state index is 12.6. The predicted molar refractivity (Wildman–Crippen MR) is 63.8 cm³/mol. The Balaban J connectivity index is 0.00000361. The van der Waals surface area contributed by atoms with Crippen molar-refractivity contribution in [1.82, 2.24) is 9.13 Å². The highest BCUT2D eigenvalue weighted by Gasteiger charge is 2.34. The first kappa shape index (κ1) is 19.2. The summed E-state index contributed by atoms with van der Waals surface area (Å²) in [4.78, 5) is 23.4. The first-order valence-corrected chi connectivity index (χ1v) is 5.62. The van der Waals surface area contributed by atoms with Crippen molar-refractivity contribution < 1.29 is 41.6 Å². The first-order valence-electron chi connectivity index (χ1n) is 5.62.